The average molecular weight is 395 g/mol. The third-order valence-electron chi connectivity index (χ3n) is 6.60. The minimum absolute atomic E-state index is 0.00616. The summed E-state index contributed by atoms with van der Waals surface area (Å²) >= 11 is 0. The van der Waals surface area contributed by atoms with Crippen molar-refractivity contribution in [3.63, 3.8) is 0 Å². The Morgan fingerprint density at radius 3 is 2.55 bits per heavy atom. The fraction of sp³-hybridized carbons (Fsp3) is 0.500. The molecule has 0 spiro atoms. The summed E-state index contributed by atoms with van der Waals surface area (Å²) in [5.74, 6) is 0.701. The lowest BCUT2D eigenvalue weighted by Crippen LogP contribution is -2.41. The predicted molar refractivity (Wildman–Crippen MR) is 104 cm³/mol. The number of hydrogen-bond acceptors (Lipinski definition) is 5. The van der Waals surface area contributed by atoms with E-state index in [-0.39, 0.29) is 35.6 Å². The largest absolute Gasteiger partial charge is 0.451 e. The van der Waals surface area contributed by atoms with Crippen LogP contribution in [0.4, 0.5) is 0 Å². The second kappa shape index (κ2) is 7.63. The normalized spacial score (nSPS) is 27.2. The van der Waals surface area contributed by atoms with E-state index >= 15 is 0 Å². The van der Waals surface area contributed by atoms with Crippen molar-refractivity contribution < 1.29 is 18.7 Å². The summed E-state index contributed by atoms with van der Waals surface area (Å²) in [5.41, 5.74) is 1.49. The third kappa shape index (κ3) is 3.33. The van der Waals surface area contributed by atoms with Crippen LogP contribution in [0.3, 0.4) is 0 Å². The maximum Gasteiger partial charge on any atom is 0.275 e. The highest BCUT2D eigenvalue weighted by Crippen LogP contribution is 2.46. The number of aromatic nitrogens is 1. The first-order valence-electron chi connectivity index (χ1n) is 10.3. The summed E-state index contributed by atoms with van der Waals surface area (Å²) in [6.45, 7) is 3.30. The summed E-state index contributed by atoms with van der Waals surface area (Å²) in [6.07, 6.45) is 4.27. The Morgan fingerprint density at radius 2 is 1.83 bits per heavy atom. The van der Waals surface area contributed by atoms with Gasteiger partial charge in [0, 0.05) is 50.6 Å². The van der Waals surface area contributed by atoms with Crippen LogP contribution in [0.5, 0.6) is 0 Å². The van der Waals surface area contributed by atoms with E-state index < -0.39 is 0 Å². The van der Waals surface area contributed by atoms with Gasteiger partial charge in [0.05, 0.1) is 6.04 Å². The van der Waals surface area contributed by atoms with E-state index in [0.717, 1.165) is 18.4 Å². The Balaban J connectivity index is 1.40. The summed E-state index contributed by atoms with van der Waals surface area (Å²) in [7, 11) is 0. The van der Waals surface area contributed by atoms with Gasteiger partial charge in [0.2, 0.25) is 5.91 Å². The highest BCUT2D eigenvalue weighted by atomic mass is 16.5. The van der Waals surface area contributed by atoms with Crippen molar-refractivity contribution in [1.29, 1.82) is 0 Å². The first kappa shape index (κ1) is 18.4. The second-order valence-corrected chi connectivity index (χ2v) is 8.24. The predicted octanol–water partition coefficient (Wildman–Crippen LogP) is 2.37. The quantitative estimate of drug-likeness (QED) is 0.798. The topological polar surface area (TPSA) is 75.9 Å². The summed E-state index contributed by atoms with van der Waals surface area (Å²) in [6, 6.07) is 10.2. The molecule has 1 aromatic carbocycles. The molecule has 152 valence electrons. The molecule has 3 aliphatic heterocycles. The van der Waals surface area contributed by atoms with Gasteiger partial charge in [0.15, 0.2) is 12.1 Å². The van der Waals surface area contributed by atoms with Crippen molar-refractivity contribution in [2.24, 2.45) is 17.8 Å². The van der Waals surface area contributed by atoms with Crippen LogP contribution in [0.25, 0.3) is 0 Å². The highest BCUT2D eigenvalue weighted by molar-refractivity contribution is 5.92. The number of hydrogen-bond donors (Lipinski definition) is 0. The van der Waals surface area contributed by atoms with Crippen LogP contribution in [0.2, 0.25) is 0 Å². The number of oxazole rings is 1. The standard InChI is InChI=1S/C22H25N3O4/c26-21(16-6-8-28-9-7-16)25-11-17-10-24(22(27)19-13-29-14-23-19)12-18(17)20(25)15-4-2-1-3-5-15/h1-5,13-14,16-18,20H,6-12H2/t17-,18-,20+/m0/s1. The Labute approximate surface area is 169 Å². The number of ether oxygens (including phenoxy) is 1. The van der Waals surface area contributed by atoms with E-state index in [4.69, 9.17) is 9.15 Å². The molecule has 0 N–H and O–H groups in total. The van der Waals surface area contributed by atoms with Crippen molar-refractivity contribution in [2.75, 3.05) is 32.8 Å². The van der Waals surface area contributed by atoms with Gasteiger partial charge in [-0.1, -0.05) is 30.3 Å². The lowest BCUT2D eigenvalue weighted by molar-refractivity contribution is -0.140. The summed E-state index contributed by atoms with van der Waals surface area (Å²) < 4.78 is 10.4. The van der Waals surface area contributed by atoms with Crippen LogP contribution in [-0.2, 0) is 9.53 Å². The molecular formula is C22H25N3O4. The monoisotopic (exact) mass is 395 g/mol. The Morgan fingerprint density at radius 1 is 1.03 bits per heavy atom. The molecule has 0 aliphatic carbocycles. The van der Waals surface area contributed by atoms with Crippen LogP contribution in [0.15, 0.2) is 47.4 Å². The van der Waals surface area contributed by atoms with Gasteiger partial charge in [-0.25, -0.2) is 4.98 Å². The van der Waals surface area contributed by atoms with Crippen molar-refractivity contribution in [2.45, 2.75) is 18.9 Å². The Kier molecular flexibility index (Phi) is 4.83. The van der Waals surface area contributed by atoms with Gasteiger partial charge >= 0.3 is 0 Å². The van der Waals surface area contributed by atoms with Gasteiger partial charge in [0.1, 0.15) is 6.26 Å². The molecule has 0 unspecified atom stereocenters. The molecule has 5 rings (SSSR count). The molecule has 0 bridgehead atoms. The van der Waals surface area contributed by atoms with Crippen LogP contribution >= 0.6 is 0 Å². The Hall–Kier alpha value is -2.67. The zero-order valence-corrected chi connectivity index (χ0v) is 16.3. The molecule has 1 aromatic heterocycles. The molecule has 3 atom stereocenters. The minimum Gasteiger partial charge on any atom is -0.451 e. The second-order valence-electron chi connectivity index (χ2n) is 8.24. The smallest absolute Gasteiger partial charge is 0.275 e. The first-order valence-corrected chi connectivity index (χ1v) is 10.3. The molecule has 4 heterocycles. The van der Waals surface area contributed by atoms with E-state index in [1.54, 1.807) is 0 Å². The molecule has 3 fully saturated rings. The first-order chi connectivity index (χ1) is 14.2. The zero-order chi connectivity index (χ0) is 19.8. The highest BCUT2D eigenvalue weighted by Gasteiger charge is 2.51. The fourth-order valence-electron chi connectivity index (χ4n) is 5.17. The Bertz CT molecular complexity index is 863. The number of benzene rings is 1. The molecule has 3 saturated heterocycles. The maximum absolute atomic E-state index is 13.4. The lowest BCUT2D eigenvalue weighted by Gasteiger charge is -2.33. The van der Waals surface area contributed by atoms with E-state index in [1.165, 1.54) is 12.7 Å². The van der Waals surface area contributed by atoms with Crippen molar-refractivity contribution in [3.05, 3.63) is 54.2 Å². The van der Waals surface area contributed by atoms with Gasteiger partial charge in [-0.2, -0.15) is 0 Å². The van der Waals surface area contributed by atoms with Crippen molar-refractivity contribution >= 4 is 11.8 Å². The number of fused-ring (bicyclic) bond motifs is 1. The van der Waals surface area contributed by atoms with Crippen molar-refractivity contribution in [3.8, 4) is 0 Å². The molecule has 2 amide bonds. The summed E-state index contributed by atoms with van der Waals surface area (Å²) in [5, 5.41) is 0. The molecule has 3 aliphatic rings. The summed E-state index contributed by atoms with van der Waals surface area (Å²) in [4.78, 5) is 34.1. The average Bonchev–Trinajstić information content (AvgIpc) is 3.50. The molecule has 7 heteroatoms. The van der Waals surface area contributed by atoms with Crippen LogP contribution < -0.4 is 0 Å². The third-order valence-corrected chi connectivity index (χ3v) is 6.60. The van der Waals surface area contributed by atoms with Crippen LogP contribution in [-0.4, -0.2) is 59.4 Å². The van der Waals surface area contributed by atoms with E-state index in [0.29, 0.717) is 38.5 Å². The van der Waals surface area contributed by atoms with E-state index in [2.05, 4.69) is 22.0 Å². The van der Waals surface area contributed by atoms with Crippen LogP contribution in [0, 0.1) is 17.8 Å². The number of carbonyl (C=O) groups is 2. The molecule has 0 radical (unpaired) electrons. The van der Waals surface area contributed by atoms with Gasteiger partial charge in [-0.15, -0.1) is 0 Å². The van der Waals surface area contributed by atoms with Crippen molar-refractivity contribution in [1.82, 2.24) is 14.8 Å². The number of nitrogens with zero attached hydrogens (tertiary/aromatic N) is 3. The lowest BCUT2D eigenvalue weighted by atomic mass is 9.89. The SMILES string of the molecule is O=C(c1cocn1)N1C[C@H]2CN(C(=O)C3CCOCC3)[C@H](c3ccccc3)[C@H]2C1. The van der Waals surface area contributed by atoms with E-state index in [9.17, 15) is 9.59 Å². The molecule has 29 heavy (non-hydrogen) atoms. The number of carbonyl (C=O) groups excluding carboxylic acids is 2. The molecule has 7 nitrogen and oxygen atoms in total. The minimum atomic E-state index is -0.0951. The van der Waals surface area contributed by atoms with Gasteiger partial charge in [0.25, 0.3) is 5.91 Å². The number of rotatable bonds is 3. The fourth-order valence-corrected chi connectivity index (χ4v) is 5.17. The van der Waals surface area contributed by atoms with E-state index in [1.807, 2.05) is 23.1 Å². The number of likely N-dealkylation sites (tertiary alicyclic amines) is 2. The maximum atomic E-state index is 13.4. The van der Waals surface area contributed by atoms with Gasteiger partial charge in [-0.05, 0) is 18.4 Å². The van der Waals surface area contributed by atoms with Gasteiger partial charge < -0.3 is 19.0 Å². The number of amides is 2. The molecule has 0 saturated carbocycles. The molecule has 2 aromatic rings. The zero-order valence-electron chi connectivity index (χ0n) is 16.3. The van der Waals surface area contributed by atoms with Crippen LogP contribution in [0.1, 0.15) is 34.9 Å². The molecular weight excluding hydrogens is 370 g/mol. The van der Waals surface area contributed by atoms with Gasteiger partial charge in [-0.3, -0.25) is 9.59 Å².